The lowest BCUT2D eigenvalue weighted by atomic mass is 10.1. The molecule has 1 N–H and O–H groups in total. The number of nitrogens with one attached hydrogen (secondary N) is 1. The normalized spacial score (nSPS) is 14.5. The number of nitrogens with zero attached hydrogens (tertiary/aromatic N) is 6. The van der Waals surface area contributed by atoms with E-state index >= 15 is 0 Å². The van der Waals surface area contributed by atoms with Gasteiger partial charge < -0.3 is 14.5 Å². The van der Waals surface area contributed by atoms with Crippen molar-refractivity contribution in [3.63, 3.8) is 0 Å². The van der Waals surface area contributed by atoms with Crippen LogP contribution in [0.4, 0.5) is 15.7 Å². The Morgan fingerprint density at radius 3 is 2.43 bits per heavy atom. The molecular weight excluding hydrogens is 598 g/mol. The molecule has 0 spiro atoms. The zero-order valence-electron chi connectivity index (χ0n) is 24.6. The molecule has 1 aliphatic rings. The highest BCUT2D eigenvalue weighted by molar-refractivity contribution is 7.13. The van der Waals surface area contributed by atoms with Crippen molar-refractivity contribution in [2.45, 2.75) is 32.4 Å². The molecule has 1 aliphatic heterocycles. The molecular formula is C32H32ClN7O3S. The van der Waals surface area contributed by atoms with Crippen LogP contribution in [0, 0.1) is 0 Å². The standard InChI is InChI=1S/C32H32ClN7O3S/c1-32(2,3)43-31(42)39-16-14-38(15-17-39)25-12-10-22(19-35-25)24-11-9-23-20-40(37-27(23)26(24)33)28(21-7-5-4-6-8-21)29(41)36-30-34-13-18-44-30/h4-13,18-20,28H,14-17H2,1-3H3,(H,34,36,41)/t28-/m1/s1. The van der Waals surface area contributed by atoms with Crippen molar-refractivity contribution in [2.75, 3.05) is 36.4 Å². The molecule has 0 aliphatic carbocycles. The number of hydrogen-bond donors (Lipinski definition) is 1. The van der Waals surface area contributed by atoms with Crippen molar-refractivity contribution in [2.24, 2.45) is 0 Å². The van der Waals surface area contributed by atoms with Gasteiger partial charge in [-0.3, -0.25) is 14.8 Å². The van der Waals surface area contributed by atoms with E-state index in [2.05, 4.69) is 15.2 Å². The summed E-state index contributed by atoms with van der Waals surface area (Å²) in [6, 6.07) is 16.6. The van der Waals surface area contributed by atoms with E-state index in [0.717, 1.165) is 27.9 Å². The Bertz CT molecular complexity index is 1760. The van der Waals surface area contributed by atoms with E-state index in [0.29, 0.717) is 41.8 Å². The van der Waals surface area contributed by atoms with Crippen LogP contribution in [-0.2, 0) is 9.53 Å². The van der Waals surface area contributed by atoms with E-state index in [1.54, 1.807) is 22.0 Å². The minimum absolute atomic E-state index is 0.248. The van der Waals surface area contributed by atoms with Crippen LogP contribution in [0.2, 0.25) is 5.02 Å². The van der Waals surface area contributed by atoms with Gasteiger partial charge in [-0.15, -0.1) is 11.3 Å². The molecule has 226 valence electrons. The van der Waals surface area contributed by atoms with E-state index in [9.17, 15) is 9.59 Å². The molecule has 5 aromatic rings. The van der Waals surface area contributed by atoms with Crippen LogP contribution < -0.4 is 10.2 Å². The molecule has 3 aromatic heterocycles. The summed E-state index contributed by atoms with van der Waals surface area (Å²) in [6.07, 6.45) is 4.99. The molecule has 2 amide bonds. The molecule has 1 atom stereocenters. The number of piperazine rings is 1. The second kappa shape index (κ2) is 12.3. The molecule has 1 saturated heterocycles. The summed E-state index contributed by atoms with van der Waals surface area (Å²) in [5.41, 5.74) is 2.51. The molecule has 4 heterocycles. The molecule has 6 rings (SSSR count). The highest BCUT2D eigenvalue weighted by Crippen LogP contribution is 2.35. The van der Waals surface area contributed by atoms with Gasteiger partial charge in [0.05, 0.1) is 5.02 Å². The third-order valence-electron chi connectivity index (χ3n) is 7.24. The Morgan fingerprint density at radius 2 is 1.77 bits per heavy atom. The van der Waals surface area contributed by atoms with Crippen molar-refractivity contribution in [3.8, 4) is 11.1 Å². The zero-order valence-corrected chi connectivity index (χ0v) is 26.2. The summed E-state index contributed by atoms with van der Waals surface area (Å²) in [6.45, 7) is 8.06. The first-order chi connectivity index (χ1) is 21.2. The lowest BCUT2D eigenvalue weighted by molar-refractivity contribution is -0.118. The number of amides is 2. The van der Waals surface area contributed by atoms with Gasteiger partial charge in [0.2, 0.25) is 0 Å². The average molecular weight is 630 g/mol. The number of carbonyl (C=O) groups excluding carboxylic acids is 2. The molecule has 1 fully saturated rings. The number of ether oxygens (including phenoxy) is 1. The predicted octanol–water partition coefficient (Wildman–Crippen LogP) is 6.49. The minimum atomic E-state index is -0.719. The molecule has 0 bridgehead atoms. The Labute approximate surface area is 264 Å². The Morgan fingerprint density at radius 1 is 1.00 bits per heavy atom. The van der Waals surface area contributed by atoms with E-state index in [4.69, 9.17) is 26.4 Å². The van der Waals surface area contributed by atoms with E-state index < -0.39 is 11.6 Å². The second-order valence-corrected chi connectivity index (χ2v) is 12.7. The van der Waals surface area contributed by atoms with Crippen LogP contribution >= 0.6 is 22.9 Å². The number of halogens is 1. The summed E-state index contributed by atoms with van der Waals surface area (Å²) >= 11 is 8.30. The van der Waals surface area contributed by atoms with Gasteiger partial charge in [-0.2, -0.15) is 5.10 Å². The van der Waals surface area contributed by atoms with Crippen molar-refractivity contribution >= 4 is 56.8 Å². The molecule has 0 radical (unpaired) electrons. The maximum atomic E-state index is 13.5. The molecule has 0 saturated carbocycles. The van der Waals surface area contributed by atoms with Gasteiger partial charge in [-0.05, 0) is 38.5 Å². The zero-order chi connectivity index (χ0) is 30.8. The summed E-state index contributed by atoms with van der Waals surface area (Å²) in [7, 11) is 0. The maximum absolute atomic E-state index is 13.5. The fourth-order valence-corrected chi connectivity index (χ4v) is 5.97. The van der Waals surface area contributed by atoms with Crippen LogP contribution in [0.3, 0.4) is 0 Å². The number of fused-ring (bicyclic) bond motifs is 1. The smallest absolute Gasteiger partial charge is 0.410 e. The number of benzene rings is 2. The Kier molecular flexibility index (Phi) is 8.24. The van der Waals surface area contributed by atoms with Gasteiger partial charge in [0.25, 0.3) is 5.91 Å². The number of thiazole rings is 1. The summed E-state index contributed by atoms with van der Waals surface area (Å²) in [5, 5.41) is 11.3. The maximum Gasteiger partial charge on any atom is 0.410 e. The summed E-state index contributed by atoms with van der Waals surface area (Å²) in [5.74, 6) is 0.582. The number of anilines is 2. The number of aromatic nitrogens is 4. The van der Waals surface area contributed by atoms with Crippen LogP contribution in [0.5, 0.6) is 0 Å². The van der Waals surface area contributed by atoms with Gasteiger partial charge in [0.15, 0.2) is 11.2 Å². The average Bonchev–Trinajstić information content (AvgIpc) is 3.68. The van der Waals surface area contributed by atoms with Crippen molar-refractivity contribution < 1.29 is 14.3 Å². The van der Waals surface area contributed by atoms with E-state index in [-0.39, 0.29) is 12.0 Å². The van der Waals surface area contributed by atoms with Crippen LogP contribution in [0.25, 0.3) is 22.0 Å². The van der Waals surface area contributed by atoms with Gasteiger partial charge in [-0.25, -0.2) is 14.8 Å². The van der Waals surface area contributed by atoms with Gasteiger partial charge >= 0.3 is 6.09 Å². The number of hydrogen-bond acceptors (Lipinski definition) is 8. The van der Waals surface area contributed by atoms with E-state index in [1.165, 1.54) is 11.3 Å². The Hall–Kier alpha value is -4.48. The van der Waals surface area contributed by atoms with Gasteiger partial charge in [0, 0.05) is 66.7 Å². The lowest BCUT2D eigenvalue weighted by Crippen LogP contribution is -2.50. The Balaban J connectivity index is 1.21. The third-order valence-corrected chi connectivity index (χ3v) is 8.31. The topological polar surface area (TPSA) is 105 Å². The highest BCUT2D eigenvalue weighted by Gasteiger charge is 2.27. The molecule has 0 unspecified atom stereocenters. The van der Waals surface area contributed by atoms with Crippen molar-refractivity contribution in [1.29, 1.82) is 0 Å². The SMILES string of the molecule is CC(C)(C)OC(=O)N1CCN(c2ccc(-c3ccc4cn([C@@H](C(=O)Nc5nccs5)c5ccccc5)nc4c3Cl)cn2)CC1. The number of rotatable bonds is 6. The first-order valence-corrected chi connectivity index (χ1v) is 15.5. The van der Waals surface area contributed by atoms with Gasteiger partial charge in [0.1, 0.15) is 16.9 Å². The summed E-state index contributed by atoms with van der Waals surface area (Å²) in [4.78, 5) is 38.7. The molecule has 12 heteroatoms. The second-order valence-electron chi connectivity index (χ2n) is 11.5. The van der Waals surface area contributed by atoms with Crippen molar-refractivity contribution in [3.05, 3.63) is 89.2 Å². The van der Waals surface area contributed by atoms with Gasteiger partial charge in [-0.1, -0.05) is 54.1 Å². The number of pyridine rings is 1. The lowest BCUT2D eigenvalue weighted by Gasteiger charge is -2.36. The largest absolute Gasteiger partial charge is 0.444 e. The van der Waals surface area contributed by atoms with Crippen LogP contribution in [-0.4, -0.2) is 68.4 Å². The fraction of sp³-hybridized carbons (Fsp3) is 0.281. The van der Waals surface area contributed by atoms with E-state index in [1.807, 2.05) is 86.9 Å². The fourth-order valence-electron chi connectivity index (χ4n) is 5.12. The number of carbonyl (C=O) groups is 2. The molecule has 10 nitrogen and oxygen atoms in total. The first-order valence-electron chi connectivity index (χ1n) is 14.3. The van der Waals surface area contributed by atoms with Crippen LogP contribution in [0.1, 0.15) is 32.4 Å². The van der Waals surface area contributed by atoms with Crippen molar-refractivity contribution in [1.82, 2.24) is 24.6 Å². The van der Waals surface area contributed by atoms with Crippen LogP contribution in [0.15, 0.2) is 78.6 Å². The summed E-state index contributed by atoms with van der Waals surface area (Å²) < 4.78 is 7.16. The predicted molar refractivity (Wildman–Crippen MR) is 173 cm³/mol. The monoisotopic (exact) mass is 629 g/mol. The minimum Gasteiger partial charge on any atom is -0.444 e. The third kappa shape index (κ3) is 6.39. The quantitative estimate of drug-likeness (QED) is 0.229. The first kappa shape index (κ1) is 29.6. The highest BCUT2D eigenvalue weighted by atomic mass is 35.5. The molecule has 44 heavy (non-hydrogen) atoms. The molecule has 2 aromatic carbocycles.